The zero-order valence-corrected chi connectivity index (χ0v) is 56.2. The molecule has 0 aliphatic rings. The van der Waals surface area contributed by atoms with Crippen molar-refractivity contribution in [2.24, 2.45) is 5.73 Å². The Hall–Kier alpha value is -8.24. The van der Waals surface area contributed by atoms with E-state index >= 15 is 0 Å². The average molecular weight is 1510 g/mol. The minimum Gasteiger partial charge on any atom is -0.481 e. The highest BCUT2D eigenvalue weighted by molar-refractivity contribution is 7.80. The molecule has 0 spiro atoms. The van der Waals surface area contributed by atoms with E-state index in [9.17, 15) is 154 Å². The monoisotopic (exact) mass is 1510 g/mol. The van der Waals surface area contributed by atoms with Crippen molar-refractivity contribution in [3.63, 3.8) is 0 Å². The first kappa shape index (κ1) is 94.8. The number of aliphatic hydroxyl groups is 15. The van der Waals surface area contributed by atoms with E-state index in [1.54, 1.807) is 0 Å². The molecule has 0 aromatic heterocycles. The van der Waals surface area contributed by atoms with Crippen molar-refractivity contribution in [1.29, 1.82) is 0 Å². The number of thiol groups is 1. The maximum Gasteiger partial charge on any atom is 0.327 e. The number of amides is 11. The van der Waals surface area contributed by atoms with Gasteiger partial charge in [-0.25, -0.2) is 4.79 Å². The molecule has 0 saturated heterocycles. The maximum absolute atomic E-state index is 14.5. The molecule has 0 aromatic rings. The van der Waals surface area contributed by atoms with Crippen LogP contribution < -0.4 is 64.2 Å². The minimum absolute atomic E-state index is 0.303. The molecule has 47 heteroatoms. The van der Waals surface area contributed by atoms with Crippen LogP contribution >= 0.6 is 12.6 Å². The number of aliphatic carboxylic acids is 4. The van der Waals surface area contributed by atoms with Crippen LogP contribution in [0.4, 0.5) is 0 Å². The van der Waals surface area contributed by atoms with Crippen LogP contribution in [0.3, 0.4) is 0 Å². The van der Waals surface area contributed by atoms with E-state index in [-0.39, 0.29) is 6.42 Å². The zero-order valence-electron chi connectivity index (χ0n) is 55.3. The fourth-order valence-corrected chi connectivity index (χ4v) is 8.86. The normalized spacial score (nSPS) is 17.2. The Bertz CT molecular complexity index is 2800. The average Bonchev–Trinajstić information content (AvgIpc) is 0.864. The number of hydrogen-bond acceptors (Lipinski definition) is 32. The molecule has 0 aliphatic carbocycles. The molecule has 590 valence electrons. The first-order valence-electron chi connectivity index (χ1n) is 31.5. The predicted molar refractivity (Wildman–Crippen MR) is 342 cm³/mol. The molecule has 20 atom stereocenters. The number of aliphatic hydroxyl groups excluding tert-OH is 15. The molecule has 11 amide bonds. The fraction of sp³-hybridized carbons (Fsp3) is 0.732. The van der Waals surface area contributed by atoms with Gasteiger partial charge in [-0.05, 0) is 32.1 Å². The lowest BCUT2D eigenvalue weighted by Gasteiger charge is -2.27. The predicted octanol–water partition coefficient (Wildman–Crippen LogP) is -16.6. The van der Waals surface area contributed by atoms with Crippen LogP contribution in [0.2, 0.25) is 0 Å². The van der Waals surface area contributed by atoms with Crippen LogP contribution in [0.5, 0.6) is 0 Å². The van der Waals surface area contributed by atoms with E-state index in [0.29, 0.717) is 0 Å². The van der Waals surface area contributed by atoms with E-state index < -0.39 is 333 Å². The van der Waals surface area contributed by atoms with Gasteiger partial charge < -0.3 is 161 Å². The van der Waals surface area contributed by atoms with Crippen molar-refractivity contribution in [1.82, 2.24) is 58.5 Å². The lowest BCUT2D eigenvalue weighted by Crippen LogP contribution is -2.60. The lowest BCUT2D eigenvalue weighted by atomic mass is 10.0. The van der Waals surface area contributed by atoms with Gasteiger partial charge in [0.15, 0.2) is 0 Å². The van der Waals surface area contributed by atoms with Crippen LogP contribution in [0.15, 0.2) is 0 Å². The summed E-state index contributed by atoms with van der Waals surface area (Å²) in [7, 11) is 0. The Labute approximate surface area is 590 Å². The summed E-state index contributed by atoms with van der Waals surface area (Å²) >= 11 is 3.78. The number of nitrogens with two attached hydrogens (primary N) is 1. The highest BCUT2D eigenvalue weighted by Crippen LogP contribution is 2.13. The van der Waals surface area contributed by atoms with Crippen LogP contribution in [0.25, 0.3) is 0 Å². The van der Waals surface area contributed by atoms with Crippen molar-refractivity contribution in [3.05, 3.63) is 0 Å². The highest BCUT2D eigenvalue weighted by Gasteiger charge is 2.38. The molecule has 0 radical (unpaired) electrons. The number of nitrogens with one attached hydrogen (secondary N) is 11. The first-order chi connectivity index (χ1) is 48.1. The van der Waals surface area contributed by atoms with Gasteiger partial charge in [0.1, 0.15) is 103 Å². The largest absolute Gasteiger partial charge is 0.481 e. The fourth-order valence-electron chi connectivity index (χ4n) is 8.61. The Morgan fingerprint density at radius 3 is 0.874 bits per heavy atom. The van der Waals surface area contributed by atoms with Crippen molar-refractivity contribution in [3.8, 4) is 0 Å². The summed E-state index contributed by atoms with van der Waals surface area (Å²) in [4.78, 5) is 196. The zero-order chi connectivity index (χ0) is 79.1. The van der Waals surface area contributed by atoms with E-state index in [1.807, 2.05) is 10.6 Å². The van der Waals surface area contributed by atoms with E-state index in [2.05, 4.69) is 60.5 Å². The molecule has 103 heavy (non-hydrogen) atoms. The quantitative estimate of drug-likeness (QED) is 0.0251. The Morgan fingerprint density at radius 1 is 0.320 bits per heavy atom. The SMILES string of the molecule is CCC(=O)N[C@@H](CCC(=O)NC[C@H](O)[C@@H](O)[C@H](O)[C@H](O)CO)C(=O)N[C@@H](CCC(=O)O)C(=O)N[C@@H](CCC(=O)NC[C@H](O)[C@@H](O)[C@H](O)[C@H](O)CO)C(=O)N[C@@H](CCC(=O)O)C(=O)N[C@@H](CCC(=O)NC[C@H](O)[C@@H](O)[C@H](O)[C@H](O)CO)C(=O)NC[C@H](N)C(=O)N[C@@H](CC(=O)O)C(=O)N[C@@H](CS)C(=O)O. The summed E-state index contributed by atoms with van der Waals surface area (Å²) in [5.74, 6) is -21.1. The van der Waals surface area contributed by atoms with Crippen LogP contribution in [-0.4, -0.2) is 359 Å². The van der Waals surface area contributed by atoms with Gasteiger partial charge in [0.2, 0.25) is 65.0 Å². The molecule has 0 unspecified atom stereocenters. The number of rotatable bonds is 54. The van der Waals surface area contributed by atoms with Crippen LogP contribution in [-0.2, 0) is 71.9 Å². The van der Waals surface area contributed by atoms with Gasteiger partial charge in [-0.1, -0.05) is 6.92 Å². The molecule has 0 saturated carbocycles. The highest BCUT2D eigenvalue weighted by atomic mass is 32.1. The molecule has 0 aliphatic heterocycles. The van der Waals surface area contributed by atoms with Crippen molar-refractivity contribution in [2.45, 2.75) is 206 Å². The third-order valence-electron chi connectivity index (χ3n) is 14.9. The molecule has 32 N–H and O–H groups in total. The van der Waals surface area contributed by atoms with E-state index in [4.69, 9.17) is 21.1 Å². The lowest BCUT2D eigenvalue weighted by molar-refractivity contribution is -0.143. The van der Waals surface area contributed by atoms with Crippen LogP contribution in [0, 0.1) is 0 Å². The van der Waals surface area contributed by atoms with Gasteiger partial charge >= 0.3 is 23.9 Å². The van der Waals surface area contributed by atoms with Gasteiger partial charge in [0.05, 0.1) is 44.6 Å². The summed E-state index contributed by atoms with van der Waals surface area (Å²) in [6.45, 7) is -5.49. The summed E-state index contributed by atoms with van der Waals surface area (Å²) in [5, 5.41) is 209. The number of carboxylic acid groups (broad SMARTS) is 4. The topological polar surface area (TPSA) is 799 Å². The third kappa shape index (κ3) is 36.7. The Kier molecular flexibility index (Phi) is 45.5. The first-order valence-corrected chi connectivity index (χ1v) is 32.2. The second-order valence-electron chi connectivity index (χ2n) is 23.1. The molecule has 0 heterocycles. The third-order valence-corrected chi connectivity index (χ3v) is 15.3. The van der Waals surface area contributed by atoms with E-state index in [1.165, 1.54) is 6.92 Å². The smallest absolute Gasteiger partial charge is 0.327 e. The second kappa shape index (κ2) is 49.4. The standard InChI is InChI=1S/C56H96N12O34S/c1-2-36(78)62-24(4-9-38(80)59-16-31(73)44(89)47(92)34(76)19-70)51(96)65-27(7-12-41(84)85)54(99)64-25(5-10-39(81)60-17-32(74)45(90)48(93)35(77)20-71)52(97)66-26(6-11-40(82)83)53(98)63-23(3-8-37(79)58-15-30(72)43(88)46(91)33(75)18-69)50(95)61-14-22(57)49(94)67-28(13-42(86)87)55(100)68-29(21-103)56(101)102/h22-35,43-48,69-77,88-93,103H,2-21,57H2,1H3,(H,58,79)(H,59,80)(H,60,81)(H,61,95)(H,62,78)(H,63,98)(H,64,99)(H,65,96)(H,66,97)(H,67,94)(H,68,100)(H,82,83)(H,84,85)(H,86,87)(H,101,102)/t22-,23-,24-,25-,26-,27-,28-,29-,30-,31-,32-,33+,34+,35+,43+,44+,45+,46+,47+,48+/m0/s1. The van der Waals surface area contributed by atoms with Gasteiger partial charge in [-0.3, -0.25) is 67.1 Å². The summed E-state index contributed by atoms with van der Waals surface area (Å²) in [5.41, 5.74) is 5.94. The van der Waals surface area contributed by atoms with Gasteiger partial charge in [-0.15, -0.1) is 0 Å². The summed E-state index contributed by atoms with van der Waals surface area (Å²) in [6.07, 6.45) is -35.1. The summed E-state index contributed by atoms with van der Waals surface area (Å²) in [6, 6.07) is -15.9. The molecule has 0 aromatic carbocycles. The molecular formula is C56H96N12O34S. The molecule has 0 fully saturated rings. The van der Waals surface area contributed by atoms with Gasteiger partial charge in [0.25, 0.3) is 0 Å². The second-order valence-corrected chi connectivity index (χ2v) is 23.5. The number of carbonyl (C=O) groups excluding carboxylic acids is 11. The summed E-state index contributed by atoms with van der Waals surface area (Å²) < 4.78 is 0. The van der Waals surface area contributed by atoms with Crippen molar-refractivity contribution in [2.75, 3.05) is 51.8 Å². The van der Waals surface area contributed by atoms with Crippen LogP contribution in [0.1, 0.15) is 84.0 Å². The van der Waals surface area contributed by atoms with Gasteiger partial charge in [-0.2, -0.15) is 12.6 Å². The number of carbonyl (C=O) groups is 15. The Morgan fingerprint density at radius 2 is 0.592 bits per heavy atom. The molecule has 0 rings (SSSR count). The molecular weight excluding hydrogens is 1420 g/mol. The Balaban J connectivity index is 7.60. The number of hydrogen-bond donors (Lipinski definition) is 32. The van der Waals surface area contributed by atoms with E-state index in [0.717, 1.165) is 0 Å². The number of carboxylic acids is 4. The van der Waals surface area contributed by atoms with Gasteiger partial charge in [0, 0.05) is 70.5 Å². The minimum atomic E-state index is -2.22. The van der Waals surface area contributed by atoms with Crippen molar-refractivity contribution >= 4 is 101 Å². The maximum atomic E-state index is 14.5. The van der Waals surface area contributed by atoms with Crippen molar-refractivity contribution < 1.29 is 169 Å². The molecule has 0 bridgehead atoms. The molecule has 46 nitrogen and oxygen atoms in total.